The molecule has 22 heavy (non-hydrogen) atoms. The first-order valence-electron chi connectivity index (χ1n) is 7.18. The van der Waals surface area contributed by atoms with Crippen LogP contribution >= 0.6 is 0 Å². The standard InChI is InChI=1S/C15H16F2N4O/c16-15(17)22-13-2-3-14-12(6-13)8-19-21(14)5-1-4-20-9-11(7-18)10-20/h2-3,6,8,11,15H,1,4-5,9-10H2. The van der Waals surface area contributed by atoms with Crippen LogP contribution in [0.5, 0.6) is 5.75 Å². The average Bonchev–Trinajstić information content (AvgIpc) is 2.83. The van der Waals surface area contributed by atoms with Crippen LogP contribution < -0.4 is 4.74 Å². The summed E-state index contributed by atoms with van der Waals surface area (Å²) in [5, 5.41) is 13.8. The highest BCUT2D eigenvalue weighted by atomic mass is 19.3. The largest absolute Gasteiger partial charge is 0.435 e. The molecule has 0 spiro atoms. The molecule has 0 radical (unpaired) electrons. The number of hydrogen-bond donors (Lipinski definition) is 0. The van der Waals surface area contributed by atoms with Crippen molar-refractivity contribution >= 4 is 10.9 Å². The fourth-order valence-corrected chi connectivity index (χ4v) is 2.70. The van der Waals surface area contributed by atoms with E-state index in [0.29, 0.717) is 0 Å². The molecule has 2 aromatic rings. The number of alkyl halides is 2. The van der Waals surface area contributed by atoms with E-state index in [1.165, 1.54) is 6.07 Å². The lowest BCUT2D eigenvalue weighted by Crippen LogP contribution is -2.46. The number of aryl methyl sites for hydroxylation is 1. The van der Waals surface area contributed by atoms with Gasteiger partial charge in [-0.05, 0) is 31.2 Å². The summed E-state index contributed by atoms with van der Waals surface area (Å²) < 4.78 is 30.6. The third-order valence-electron chi connectivity index (χ3n) is 3.82. The molecule has 2 heterocycles. The molecule has 0 saturated carbocycles. The molecule has 1 aliphatic heterocycles. The van der Waals surface area contributed by atoms with Crippen LogP contribution in [-0.4, -0.2) is 40.9 Å². The molecule has 3 rings (SSSR count). The number of ether oxygens (including phenoxy) is 1. The van der Waals surface area contributed by atoms with Crippen molar-refractivity contribution in [1.82, 2.24) is 14.7 Å². The molecule has 7 heteroatoms. The molecule has 1 saturated heterocycles. The third-order valence-corrected chi connectivity index (χ3v) is 3.82. The van der Waals surface area contributed by atoms with E-state index in [1.54, 1.807) is 18.3 Å². The van der Waals surface area contributed by atoms with Gasteiger partial charge in [0.05, 0.1) is 23.7 Å². The number of nitriles is 1. The third kappa shape index (κ3) is 3.17. The second-order valence-corrected chi connectivity index (χ2v) is 5.41. The van der Waals surface area contributed by atoms with Crippen LogP contribution in [0.2, 0.25) is 0 Å². The summed E-state index contributed by atoms with van der Waals surface area (Å²) in [6, 6.07) is 7.09. The Morgan fingerprint density at radius 2 is 2.18 bits per heavy atom. The molecule has 5 nitrogen and oxygen atoms in total. The summed E-state index contributed by atoms with van der Waals surface area (Å²) in [6.07, 6.45) is 2.59. The number of hydrogen-bond acceptors (Lipinski definition) is 4. The maximum Gasteiger partial charge on any atom is 0.387 e. The van der Waals surface area contributed by atoms with Gasteiger partial charge in [-0.3, -0.25) is 4.68 Å². The molecule has 0 atom stereocenters. The number of nitrogens with zero attached hydrogens (tertiary/aromatic N) is 4. The first-order valence-corrected chi connectivity index (χ1v) is 7.18. The second kappa shape index (κ2) is 6.28. The normalized spacial score (nSPS) is 15.9. The van der Waals surface area contributed by atoms with Gasteiger partial charge in [0, 0.05) is 25.0 Å². The second-order valence-electron chi connectivity index (χ2n) is 5.41. The van der Waals surface area contributed by atoms with Crippen molar-refractivity contribution in [3.63, 3.8) is 0 Å². The fraction of sp³-hybridized carbons (Fsp3) is 0.467. The van der Waals surface area contributed by atoms with E-state index < -0.39 is 6.61 Å². The van der Waals surface area contributed by atoms with Crippen molar-refractivity contribution in [3.05, 3.63) is 24.4 Å². The number of fused-ring (bicyclic) bond motifs is 1. The lowest BCUT2D eigenvalue weighted by atomic mass is 10.0. The quantitative estimate of drug-likeness (QED) is 0.823. The molecule has 1 aromatic carbocycles. The van der Waals surface area contributed by atoms with Crippen LogP contribution in [-0.2, 0) is 6.54 Å². The van der Waals surface area contributed by atoms with Crippen LogP contribution in [0, 0.1) is 17.2 Å². The molecular weight excluding hydrogens is 290 g/mol. The minimum absolute atomic E-state index is 0.144. The predicted octanol–water partition coefficient (Wildman–Crippen LogP) is 2.48. The van der Waals surface area contributed by atoms with Gasteiger partial charge in [-0.2, -0.15) is 19.1 Å². The number of rotatable bonds is 6. The summed E-state index contributed by atoms with van der Waals surface area (Å²) in [5.41, 5.74) is 0.903. The Kier molecular flexibility index (Phi) is 4.20. The Balaban J connectivity index is 1.57. The van der Waals surface area contributed by atoms with Gasteiger partial charge in [-0.1, -0.05) is 0 Å². The molecule has 1 aliphatic rings. The van der Waals surface area contributed by atoms with Crippen molar-refractivity contribution in [1.29, 1.82) is 5.26 Å². The van der Waals surface area contributed by atoms with Crippen molar-refractivity contribution < 1.29 is 13.5 Å². The van der Waals surface area contributed by atoms with Gasteiger partial charge >= 0.3 is 6.61 Å². The van der Waals surface area contributed by atoms with Crippen LogP contribution in [0.1, 0.15) is 6.42 Å². The van der Waals surface area contributed by atoms with Crippen LogP contribution in [0.25, 0.3) is 10.9 Å². The van der Waals surface area contributed by atoms with Gasteiger partial charge in [0.25, 0.3) is 0 Å². The summed E-state index contributed by atoms with van der Waals surface area (Å²) in [6.45, 7) is 0.578. The number of likely N-dealkylation sites (tertiary alicyclic amines) is 1. The van der Waals surface area contributed by atoms with E-state index >= 15 is 0 Å². The first-order chi connectivity index (χ1) is 10.7. The zero-order valence-corrected chi connectivity index (χ0v) is 12.0. The topological polar surface area (TPSA) is 54.1 Å². The fourth-order valence-electron chi connectivity index (χ4n) is 2.70. The van der Waals surface area contributed by atoms with E-state index in [2.05, 4.69) is 20.8 Å². The Labute approximate surface area is 126 Å². The maximum absolute atomic E-state index is 12.2. The minimum atomic E-state index is -2.82. The van der Waals surface area contributed by atoms with Gasteiger partial charge in [0.2, 0.25) is 0 Å². The molecule has 1 aromatic heterocycles. The number of aromatic nitrogens is 2. The highest BCUT2D eigenvalue weighted by Gasteiger charge is 2.25. The number of benzene rings is 1. The average molecular weight is 306 g/mol. The van der Waals surface area contributed by atoms with Gasteiger partial charge in [-0.25, -0.2) is 0 Å². The molecule has 0 amide bonds. The Bertz CT molecular complexity index is 688. The van der Waals surface area contributed by atoms with E-state index in [0.717, 1.165) is 43.5 Å². The zero-order valence-electron chi connectivity index (χ0n) is 12.0. The molecule has 0 N–H and O–H groups in total. The van der Waals surface area contributed by atoms with E-state index in [4.69, 9.17) is 5.26 Å². The van der Waals surface area contributed by atoms with Gasteiger partial charge in [0.1, 0.15) is 5.75 Å². The first kappa shape index (κ1) is 14.7. The molecular formula is C15H16F2N4O. The van der Waals surface area contributed by atoms with Crippen LogP contribution in [0.3, 0.4) is 0 Å². The summed E-state index contributed by atoms with van der Waals surface area (Å²) in [7, 11) is 0. The van der Waals surface area contributed by atoms with Crippen molar-refractivity contribution in [2.75, 3.05) is 19.6 Å². The SMILES string of the molecule is N#CC1CN(CCCn2ncc3cc(OC(F)F)ccc32)C1. The van der Waals surface area contributed by atoms with E-state index in [1.807, 2.05) is 4.68 Å². The summed E-state index contributed by atoms with van der Waals surface area (Å²) >= 11 is 0. The summed E-state index contributed by atoms with van der Waals surface area (Å²) in [4.78, 5) is 2.24. The number of halogens is 2. The highest BCUT2D eigenvalue weighted by Crippen LogP contribution is 2.22. The molecule has 0 bridgehead atoms. The van der Waals surface area contributed by atoms with Gasteiger partial charge in [-0.15, -0.1) is 0 Å². The predicted molar refractivity (Wildman–Crippen MR) is 76.5 cm³/mol. The minimum Gasteiger partial charge on any atom is -0.435 e. The lowest BCUT2D eigenvalue weighted by molar-refractivity contribution is -0.0497. The van der Waals surface area contributed by atoms with Crippen molar-refractivity contribution in [2.45, 2.75) is 19.6 Å². The molecule has 0 unspecified atom stereocenters. The molecule has 116 valence electrons. The van der Waals surface area contributed by atoms with E-state index in [-0.39, 0.29) is 11.7 Å². The molecule has 0 aliphatic carbocycles. The zero-order chi connectivity index (χ0) is 15.5. The lowest BCUT2D eigenvalue weighted by Gasteiger charge is -2.35. The highest BCUT2D eigenvalue weighted by molar-refractivity contribution is 5.80. The maximum atomic E-state index is 12.2. The van der Waals surface area contributed by atoms with Crippen molar-refractivity contribution in [3.8, 4) is 11.8 Å². The van der Waals surface area contributed by atoms with Gasteiger partial charge in [0.15, 0.2) is 0 Å². The van der Waals surface area contributed by atoms with Crippen LogP contribution in [0.4, 0.5) is 8.78 Å². The van der Waals surface area contributed by atoms with Crippen molar-refractivity contribution in [2.24, 2.45) is 5.92 Å². The Morgan fingerprint density at radius 3 is 2.91 bits per heavy atom. The monoisotopic (exact) mass is 306 g/mol. The molecule has 1 fully saturated rings. The van der Waals surface area contributed by atoms with E-state index in [9.17, 15) is 8.78 Å². The van der Waals surface area contributed by atoms with Gasteiger partial charge < -0.3 is 9.64 Å². The van der Waals surface area contributed by atoms with Crippen LogP contribution in [0.15, 0.2) is 24.4 Å². The Morgan fingerprint density at radius 1 is 1.36 bits per heavy atom. The summed E-state index contributed by atoms with van der Waals surface area (Å²) in [5.74, 6) is 0.323. The Hall–Kier alpha value is -2.20. The smallest absolute Gasteiger partial charge is 0.387 e.